The van der Waals surface area contributed by atoms with E-state index in [0.717, 1.165) is 30.4 Å². The second-order valence-electron chi connectivity index (χ2n) is 5.82. The Hall–Kier alpha value is -1.16. The molecule has 1 fully saturated rings. The Morgan fingerprint density at radius 1 is 1.32 bits per heavy atom. The minimum absolute atomic E-state index is 0.539. The van der Waals surface area contributed by atoms with Crippen LogP contribution in [0.4, 0.5) is 5.82 Å². The normalized spacial score (nSPS) is 20.1. The van der Waals surface area contributed by atoms with Gasteiger partial charge in [-0.2, -0.15) is 0 Å². The van der Waals surface area contributed by atoms with Gasteiger partial charge in [-0.3, -0.25) is 0 Å². The summed E-state index contributed by atoms with van der Waals surface area (Å²) >= 11 is 0. The Labute approximate surface area is 116 Å². The highest BCUT2D eigenvalue weighted by molar-refractivity contribution is 5.41. The van der Waals surface area contributed by atoms with Crippen LogP contribution in [-0.4, -0.2) is 35.1 Å². The molecule has 1 saturated heterocycles. The smallest absolute Gasteiger partial charge is 0.132 e. The molecule has 1 aromatic rings. The highest BCUT2D eigenvalue weighted by Crippen LogP contribution is 2.23. The highest BCUT2D eigenvalue weighted by Gasteiger charge is 2.23. The molecule has 1 aromatic heterocycles. The number of aromatic nitrogens is 2. The molecule has 106 valence electrons. The van der Waals surface area contributed by atoms with Crippen LogP contribution in [0.15, 0.2) is 6.07 Å². The minimum Gasteiger partial charge on any atom is -0.352 e. The summed E-state index contributed by atoms with van der Waals surface area (Å²) in [5, 5.41) is 3.56. The number of nitrogens with one attached hydrogen (secondary N) is 1. The van der Waals surface area contributed by atoms with Crippen molar-refractivity contribution < 1.29 is 0 Å². The molecular formula is C15H26N4. The topological polar surface area (TPSA) is 41.0 Å². The van der Waals surface area contributed by atoms with Crippen LogP contribution in [0.1, 0.15) is 44.6 Å². The molecule has 4 heteroatoms. The molecule has 0 spiro atoms. The maximum atomic E-state index is 4.62. The highest BCUT2D eigenvalue weighted by atomic mass is 15.2. The van der Waals surface area contributed by atoms with Crippen molar-refractivity contribution in [3.05, 3.63) is 17.6 Å². The van der Waals surface area contributed by atoms with Gasteiger partial charge in [0.2, 0.25) is 0 Å². The lowest BCUT2D eigenvalue weighted by atomic mass is 10.0. The Morgan fingerprint density at radius 2 is 2.11 bits per heavy atom. The van der Waals surface area contributed by atoms with E-state index in [-0.39, 0.29) is 0 Å². The molecule has 1 aliphatic rings. The van der Waals surface area contributed by atoms with E-state index in [2.05, 4.69) is 40.1 Å². The Balaban J connectivity index is 2.13. The fourth-order valence-electron chi connectivity index (χ4n) is 2.73. The maximum absolute atomic E-state index is 4.62. The van der Waals surface area contributed by atoms with Gasteiger partial charge in [0.1, 0.15) is 11.6 Å². The van der Waals surface area contributed by atoms with Crippen molar-refractivity contribution in [1.29, 1.82) is 0 Å². The fraction of sp³-hybridized carbons (Fsp3) is 0.733. The maximum Gasteiger partial charge on any atom is 0.132 e. The number of piperidine rings is 1. The molecule has 2 heterocycles. The van der Waals surface area contributed by atoms with E-state index in [4.69, 9.17) is 0 Å². The van der Waals surface area contributed by atoms with Crippen molar-refractivity contribution in [3.63, 3.8) is 0 Å². The first-order valence-corrected chi connectivity index (χ1v) is 7.38. The van der Waals surface area contributed by atoms with E-state index >= 15 is 0 Å². The van der Waals surface area contributed by atoms with Crippen LogP contribution < -0.4 is 10.2 Å². The van der Waals surface area contributed by atoms with Crippen LogP contribution in [0.3, 0.4) is 0 Å². The van der Waals surface area contributed by atoms with Gasteiger partial charge in [-0.05, 0) is 33.1 Å². The van der Waals surface area contributed by atoms with E-state index in [0.29, 0.717) is 12.1 Å². The van der Waals surface area contributed by atoms with Gasteiger partial charge in [-0.25, -0.2) is 9.97 Å². The van der Waals surface area contributed by atoms with Gasteiger partial charge >= 0.3 is 0 Å². The monoisotopic (exact) mass is 262 g/mol. The van der Waals surface area contributed by atoms with E-state index in [1.54, 1.807) is 0 Å². The predicted molar refractivity (Wildman–Crippen MR) is 79.6 cm³/mol. The molecule has 0 saturated carbocycles. The zero-order chi connectivity index (χ0) is 13.8. The Kier molecular flexibility index (Phi) is 4.75. The third-order valence-corrected chi connectivity index (χ3v) is 3.64. The second-order valence-corrected chi connectivity index (χ2v) is 5.82. The standard InChI is InChI=1S/C15H26N4/c1-11(2)16-10-14-7-5-6-8-19(14)15-9-12(3)17-13(4)18-15/h9,11,14,16H,5-8,10H2,1-4H3. The van der Waals surface area contributed by atoms with E-state index < -0.39 is 0 Å². The van der Waals surface area contributed by atoms with Crippen LogP contribution in [-0.2, 0) is 0 Å². The summed E-state index contributed by atoms with van der Waals surface area (Å²) in [6, 6.07) is 3.21. The molecule has 2 rings (SSSR count). The van der Waals surface area contributed by atoms with Gasteiger partial charge in [0.05, 0.1) is 0 Å². The largest absolute Gasteiger partial charge is 0.352 e. The number of hydrogen-bond acceptors (Lipinski definition) is 4. The predicted octanol–water partition coefficient (Wildman–Crippen LogP) is 2.45. The summed E-state index contributed by atoms with van der Waals surface area (Å²) in [5.74, 6) is 1.97. The molecular weight excluding hydrogens is 236 g/mol. The van der Waals surface area contributed by atoms with E-state index in [1.807, 2.05) is 13.8 Å². The molecule has 1 N–H and O–H groups in total. The molecule has 0 radical (unpaired) electrons. The van der Waals surface area contributed by atoms with Crippen molar-refractivity contribution in [3.8, 4) is 0 Å². The van der Waals surface area contributed by atoms with E-state index in [9.17, 15) is 0 Å². The van der Waals surface area contributed by atoms with Crippen LogP contribution in [0, 0.1) is 13.8 Å². The molecule has 0 amide bonds. The van der Waals surface area contributed by atoms with Crippen molar-refractivity contribution in [2.24, 2.45) is 0 Å². The molecule has 19 heavy (non-hydrogen) atoms. The molecule has 4 nitrogen and oxygen atoms in total. The number of rotatable bonds is 4. The third-order valence-electron chi connectivity index (χ3n) is 3.64. The van der Waals surface area contributed by atoms with Gasteiger partial charge in [0.15, 0.2) is 0 Å². The summed E-state index contributed by atoms with van der Waals surface area (Å²) in [6.45, 7) is 10.6. The molecule has 1 atom stereocenters. The quantitative estimate of drug-likeness (QED) is 0.905. The molecule has 0 bridgehead atoms. The average Bonchev–Trinajstić information content (AvgIpc) is 2.35. The summed E-state index contributed by atoms with van der Waals surface area (Å²) in [7, 11) is 0. The van der Waals surface area contributed by atoms with Gasteiger partial charge in [-0.1, -0.05) is 13.8 Å². The van der Waals surface area contributed by atoms with Crippen LogP contribution in [0.5, 0.6) is 0 Å². The number of hydrogen-bond donors (Lipinski definition) is 1. The van der Waals surface area contributed by atoms with Gasteiger partial charge in [0.25, 0.3) is 0 Å². The minimum atomic E-state index is 0.539. The summed E-state index contributed by atoms with van der Waals surface area (Å²) in [4.78, 5) is 11.5. The van der Waals surface area contributed by atoms with Crippen molar-refractivity contribution in [1.82, 2.24) is 15.3 Å². The number of nitrogens with zero attached hydrogens (tertiary/aromatic N) is 3. The fourth-order valence-corrected chi connectivity index (χ4v) is 2.73. The zero-order valence-electron chi connectivity index (χ0n) is 12.6. The lowest BCUT2D eigenvalue weighted by Gasteiger charge is -2.37. The summed E-state index contributed by atoms with van der Waals surface area (Å²) in [5.41, 5.74) is 1.06. The van der Waals surface area contributed by atoms with Crippen LogP contribution >= 0.6 is 0 Å². The number of aryl methyl sites for hydroxylation is 2. The van der Waals surface area contributed by atoms with E-state index in [1.165, 1.54) is 19.3 Å². The van der Waals surface area contributed by atoms with Gasteiger partial charge < -0.3 is 10.2 Å². The lowest BCUT2D eigenvalue weighted by Crippen LogP contribution is -2.47. The Bertz CT molecular complexity index is 396. The van der Waals surface area contributed by atoms with Gasteiger partial charge in [-0.15, -0.1) is 0 Å². The van der Waals surface area contributed by atoms with Crippen LogP contribution in [0.2, 0.25) is 0 Å². The van der Waals surface area contributed by atoms with Crippen LogP contribution in [0.25, 0.3) is 0 Å². The van der Waals surface area contributed by atoms with Crippen molar-refractivity contribution >= 4 is 5.82 Å². The van der Waals surface area contributed by atoms with Crippen molar-refractivity contribution in [2.45, 2.75) is 59.0 Å². The average molecular weight is 262 g/mol. The first-order valence-electron chi connectivity index (χ1n) is 7.38. The summed E-state index contributed by atoms with van der Waals surface area (Å²) < 4.78 is 0. The van der Waals surface area contributed by atoms with Crippen molar-refractivity contribution in [2.75, 3.05) is 18.0 Å². The van der Waals surface area contributed by atoms with Gasteiger partial charge in [0, 0.05) is 36.9 Å². The number of anilines is 1. The summed E-state index contributed by atoms with van der Waals surface area (Å²) in [6.07, 6.45) is 3.84. The molecule has 1 unspecified atom stereocenters. The molecule has 0 aromatic carbocycles. The second kappa shape index (κ2) is 6.33. The third kappa shape index (κ3) is 3.90. The zero-order valence-corrected chi connectivity index (χ0v) is 12.6. The molecule has 0 aliphatic carbocycles. The SMILES string of the molecule is Cc1cc(N2CCCCC2CNC(C)C)nc(C)n1. The Morgan fingerprint density at radius 3 is 2.79 bits per heavy atom. The molecule has 1 aliphatic heterocycles. The lowest BCUT2D eigenvalue weighted by molar-refractivity contribution is 0.418. The first-order chi connectivity index (χ1) is 9.06. The first kappa shape index (κ1) is 14.3.